The number of nitrogens with one attached hydrogen (secondary N) is 2. The molecule has 1 saturated heterocycles. The molecule has 0 unspecified atom stereocenters. The number of esters is 1. The summed E-state index contributed by atoms with van der Waals surface area (Å²) in [6.07, 6.45) is -0.520. The molecule has 3 amide bonds. The van der Waals surface area contributed by atoms with Gasteiger partial charge in [-0.15, -0.1) is 23.1 Å². The van der Waals surface area contributed by atoms with E-state index in [1.54, 1.807) is 27.7 Å². The summed E-state index contributed by atoms with van der Waals surface area (Å²) in [5.74, 6) is -4.02. The zero-order valence-electron chi connectivity index (χ0n) is 27.6. The normalized spacial score (nSPS) is 17.9. The second kappa shape index (κ2) is 19.0. The van der Waals surface area contributed by atoms with Crippen LogP contribution in [0.5, 0.6) is 0 Å². The first-order valence-corrected chi connectivity index (χ1v) is 19.2. The number of carbonyl (C=O) groups excluding carboxylic acids is 4. The predicted molar refractivity (Wildman–Crippen MR) is 181 cm³/mol. The topological polar surface area (TPSA) is 234 Å². The quantitative estimate of drug-likeness (QED) is 0.0491. The van der Waals surface area contributed by atoms with E-state index in [9.17, 15) is 34.2 Å². The maximum atomic E-state index is 13.3. The lowest BCUT2D eigenvalue weighted by atomic mass is 10.0. The van der Waals surface area contributed by atoms with Gasteiger partial charge in [0.2, 0.25) is 27.7 Å². The van der Waals surface area contributed by atoms with Gasteiger partial charge in [-0.2, -0.15) is 0 Å². The maximum absolute atomic E-state index is 13.3. The van der Waals surface area contributed by atoms with Gasteiger partial charge >= 0.3 is 11.9 Å². The fourth-order valence-corrected chi connectivity index (χ4v) is 10.2. The Morgan fingerprint density at radius 1 is 1.08 bits per heavy atom. The molecule has 272 valence electrons. The SMILES string of the molecule is CCOP(OCC)C(O)(CC(=O)Nc1nc(/C(=N/OC)C(=O)N[C@@H]2C(=O)N3C(C(=O)O)=C(COC(C)=O)CS[C@H]23)cs1)P(OCC)OCC. The Kier molecular flexibility index (Phi) is 15.7. The number of hydrogen-bond donors (Lipinski definition) is 4. The van der Waals surface area contributed by atoms with E-state index in [0.29, 0.717) is 0 Å². The first-order chi connectivity index (χ1) is 23.4. The number of aliphatic hydroxyl groups is 1. The molecule has 0 aromatic carbocycles. The standard InChI is InChI=1S/C27H39N5O13P2S2/c1-7-42-46(43-8-2)27(39,47(44-9-3)45-10-4)11-18(34)29-26-28-17(14-49-26)19(31-40-6)22(35)30-20-23(36)32-21(25(37)38)16(12-41-15(5)33)13-48-24(20)32/h14,20,24,39H,7-13H2,1-6H3,(H,30,35)(H,37,38)(H,28,29,34)/b31-19-/t20-,24-/m1/s1. The number of carbonyl (C=O) groups is 5. The number of fused-ring (bicyclic) bond motifs is 1. The Hall–Kier alpha value is -2.80. The third-order valence-electron chi connectivity index (χ3n) is 6.34. The summed E-state index contributed by atoms with van der Waals surface area (Å²) in [6, 6.07) is -1.10. The number of thiazole rings is 1. The van der Waals surface area contributed by atoms with Gasteiger partial charge in [0.15, 0.2) is 10.8 Å². The van der Waals surface area contributed by atoms with E-state index in [4.69, 9.17) is 27.7 Å². The first-order valence-electron chi connectivity index (χ1n) is 14.9. The number of thioether (sulfide) groups is 1. The minimum absolute atomic E-state index is 0.00129. The van der Waals surface area contributed by atoms with Crippen molar-refractivity contribution >= 4 is 80.4 Å². The molecule has 49 heavy (non-hydrogen) atoms. The number of anilines is 1. The predicted octanol–water partition coefficient (Wildman–Crippen LogP) is 2.54. The van der Waals surface area contributed by atoms with Crippen molar-refractivity contribution in [2.45, 2.75) is 57.5 Å². The number of hydrogen-bond acceptors (Lipinski definition) is 16. The molecular formula is C27H39N5O13P2S2. The molecule has 1 fully saturated rings. The average Bonchev–Trinajstić information content (AvgIpc) is 3.51. The molecule has 0 spiro atoms. The number of carboxylic acid groups (broad SMARTS) is 1. The van der Waals surface area contributed by atoms with Crippen LogP contribution in [-0.4, -0.2) is 118 Å². The van der Waals surface area contributed by atoms with E-state index < -0.39 is 69.3 Å². The van der Waals surface area contributed by atoms with Crippen LogP contribution in [0.3, 0.4) is 0 Å². The van der Waals surface area contributed by atoms with E-state index in [1.165, 1.54) is 31.2 Å². The molecule has 2 atom stereocenters. The highest BCUT2D eigenvalue weighted by Gasteiger charge is 2.55. The molecule has 0 saturated carbocycles. The molecule has 0 radical (unpaired) electrons. The van der Waals surface area contributed by atoms with Crippen LogP contribution in [0.2, 0.25) is 0 Å². The Balaban J connectivity index is 1.75. The van der Waals surface area contributed by atoms with E-state index in [0.717, 1.165) is 16.2 Å². The number of rotatable bonds is 20. The zero-order chi connectivity index (χ0) is 36.3. The van der Waals surface area contributed by atoms with Gasteiger partial charge in [0.05, 0.1) is 32.8 Å². The van der Waals surface area contributed by atoms with Gasteiger partial charge in [-0.1, -0.05) is 5.16 Å². The Morgan fingerprint density at radius 3 is 2.18 bits per heavy atom. The molecule has 18 nitrogen and oxygen atoms in total. The van der Waals surface area contributed by atoms with Crippen LogP contribution >= 0.6 is 39.8 Å². The molecule has 2 aliphatic heterocycles. The number of ether oxygens (including phenoxy) is 1. The Bertz CT molecular complexity index is 1420. The highest BCUT2D eigenvalue weighted by Crippen LogP contribution is 2.69. The van der Waals surface area contributed by atoms with Crippen molar-refractivity contribution in [2.75, 3.05) is 51.2 Å². The van der Waals surface area contributed by atoms with Gasteiger partial charge in [-0.3, -0.25) is 24.1 Å². The van der Waals surface area contributed by atoms with Crippen LogP contribution in [0.1, 0.15) is 46.7 Å². The van der Waals surface area contributed by atoms with Crippen molar-refractivity contribution in [3.63, 3.8) is 0 Å². The van der Waals surface area contributed by atoms with Crippen molar-refractivity contribution in [1.82, 2.24) is 15.2 Å². The minimum Gasteiger partial charge on any atom is -0.477 e. The summed E-state index contributed by atoms with van der Waals surface area (Å²) in [5, 5.41) is 29.3. The third kappa shape index (κ3) is 9.92. The molecule has 22 heteroatoms. The molecular weight excluding hydrogens is 728 g/mol. The van der Waals surface area contributed by atoms with Gasteiger partial charge in [0.25, 0.3) is 11.8 Å². The fourth-order valence-electron chi connectivity index (χ4n) is 4.46. The lowest BCUT2D eigenvalue weighted by Crippen LogP contribution is -2.71. The lowest BCUT2D eigenvalue weighted by molar-refractivity contribution is -0.150. The highest BCUT2D eigenvalue weighted by atomic mass is 32.2. The Labute approximate surface area is 293 Å². The number of amides is 3. The van der Waals surface area contributed by atoms with Crippen molar-refractivity contribution in [1.29, 1.82) is 0 Å². The van der Waals surface area contributed by atoms with Crippen LogP contribution in [0, 0.1) is 0 Å². The van der Waals surface area contributed by atoms with Crippen LogP contribution in [0.4, 0.5) is 5.13 Å². The zero-order valence-corrected chi connectivity index (χ0v) is 31.0. The number of carboxylic acids is 1. The van der Waals surface area contributed by atoms with Crippen molar-refractivity contribution in [2.24, 2.45) is 5.16 Å². The van der Waals surface area contributed by atoms with Gasteiger partial charge in [-0.05, 0) is 27.7 Å². The molecule has 1 aromatic rings. The molecule has 1 aromatic heterocycles. The highest BCUT2D eigenvalue weighted by molar-refractivity contribution is 8.00. The summed E-state index contributed by atoms with van der Waals surface area (Å²) in [7, 11) is -2.88. The van der Waals surface area contributed by atoms with Crippen LogP contribution in [-0.2, 0) is 51.6 Å². The summed E-state index contributed by atoms with van der Waals surface area (Å²) in [4.78, 5) is 73.1. The van der Waals surface area contributed by atoms with E-state index in [2.05, 4.69) is 20.8 Å². The molecule has 4 N–H and O–H groups in total. The monoisotopic (exact) mass is 767 g/mol. The summed E-state index contributed by atoms with van der Waals surface area (Å²) in [5.41, 5.74) is -0.372. The van der Waals surface area contributed by atoms with Crippen molar-refractivity contribution in [3.05, 3.63) is 22.3 Å². The molecule has 0 aliphatic carbocycles. The number of aromatic nitrogens is 1. The molecule has 0 bridgehead atoms. The van der Waals surface area contributed by atoms with E-state index in [1.807, 2.05) is 0 Å². The second-order valence-electron chi connectivity index (χ2n) is 9.74. The van der Waals surface area contributed by atoms with Crippen molar-refractivity contribution in [3.8, 4) is 0 Å². The summed E-state index contributed by atoms with van der Waals surface area (Å²) < 4.78 is 27.7. The number of oxime groups is 1. The molecule has 3 rings (SSSR count). The van der Waals surface area contributed by atoms with Gasteiger partial charge in [0.1, 0.15) is 36.5 Å². The van der Waals surface area contributed by atoms with E-state index >= 15 is 0 Å². The minimum atomic E-state index is -2.04. The van der Waals surface area contributed by atoms with Crippen LogP contribution < -0.4 is 10.6 Å². The maximum Gasteiger partial charge on any atom is 0.352 e. The second-order valence-corrected chi connectivity index (χ2v) is 15.6. The number of β-lactam (4-membered cyclic amide) rings is 1. The largest absolute Gasteiger partial charge is 0.477 e. The van der Waals surface area contributed by atoms with Crippen molar-refractivity contribution < 1.29 is 61.9 Å². The first kappa shape index (κ1) is 40.6. The number of aliphatic carboxylic acids is 1. The van der Waals surface area contributed by atoms with E-state index in [-0.39, 0.29) is 66.6 Å². The third-order valence-corrected chi connectivity index (χ3v) is 12.9. The molecule has 2 aliphatic rings. The van der Waals surface area contributed by atoms with Gasteiger partial charge < -0.3 is 48.5 Å². The average molecular weight is 768 g/mol. The van der Waals surface area contributed by atoms with Crippen LogP contribution in [0.15, 0.2) is 21.8 Å². The van der Waals surface area contributed by atoms with Gasteiger partial charge in [-0.25, -0.2) is 9.78 Å². The fraction of sp³-hybridized carbons (Fsp3) is 0.593. The molecule has 3 heterocycles. The summed E-state index contributed by atoms with van der Waals surface area (Å²) in [6.45, 7) is 8.62. The van der Waals surface area contributed by atoms with Gasteiger partial charge in [0, 0.05) is 23.6 Å². The smallest absolute Gasteiger partial charge is 0.352 e. The summed E-state index contributed by atoms with van der Waals surface area (Å²) >= 11 is 2.15. The Morgan fingerprint density at radius 2 is 1.67 bits per heavy atom. The number of nitrogens with zero attached hydrogens (tertiary/aromatic N) is 3. The van der Waals surface area contributed by atoms with Crippen LogP contribution in [0.25, 0.3) is 0 Å². The lowest BCUT2D eigenvalue weighted by Gasteiger charge is -2.49.